The van der Waals surface area contributed by atoms with Crippen molar-refractivity contribution in [1.29, 1.82) is 0 Å². The normalized spacial score (nSPS) is 23.9. The highest BCUT2D eigenvalue weighted by molar-refractivity contribution is 7.93. The molecule has 8 nitrogen and oxygen atoms in total. The zero-order chi connectivity index (χ0) is 24.8. The van der Waals surface area contributed by atoms with Gasteiger partial charge >= 0.3 is 0 Å². The van der Waals surface area contributed by atoms with Gasteiger partial charge in [0, 0.05) is 52.4 Å². The van der Waals surface area contributed by atoms with Crippen LogP contribution >= 0.6 is 0 Å². The number of likely N-dealkylation sites (tertiary alicyclic amines) is 1. The number of anilines is 1. The second-order valence-corrected chi connectivity index (χ2v) is 14.1. The van der Waals surface area contributed by atoms with Gasteiger partial charge in [-0.1, -0.05) is 18.2 Å². The van der Waals surface area contributed by atoms with E-state index in [0.717, 1.165) is 67.7 Å². The predicted molar refractivity (Wildman–Crippen MR) is 135 cm³/mol. The zero-order valence-corrected chi connectivity index (χ0v) is 21.9. The van der Waals surface area contributed by atoms with E-state index in [4.69, 9.17) is 4.74 Å². The summed E-state index contributed by atoms with van der Waals surface area (Å²) in [5, 5.41) is 0. The number of para-hydroxylation sites is 1. The first-order chi connectivity index (χ1) is 16.6. The van der Waals surface area contributed by atoms with Crippen LogP contribution < -0.4 is 4.31 Å². The molecule has 0 bridgehead atoms. The Morgan fingerprint density at radius 3 is 2.29 bits per heavy atom. The second-order valence-electron chi connectivity index (χ2n) is 10.1. The van der Waals surface area contributed by atoms with Crippen LogP contribution in [0.25, 0.3) is 0 Å². The molecule has 35 heavy (non-hydrogen) atoms. The van der Waals surface area contributed by atoms with Crippen LogP contribution in [0.4, 0.5) is 5.69 Å². The van der Waals surface area contributed by atoms with E-state index in [1.54, 1.807) is 0 Å². The van der Waals surface area contributed by atoms with Gasteiger partial charge in [-0.25, -0.2) is 21.1 Å². The molecule has 2 fully saturated rings. The monoisotopic (exact) mass is 519 g/mol. The summed E-state index contributed by atoms with van der Waals surface area (Å²) in [5.74, 6) is 0.632. The largest absolute Gasteiger partial charge is 0.381 e. The Labute approximate surface area is 208 Å². The molecule has 5 rings (SSSR count). The van der Waals surface area contributed by atoms with Crippen molar-refractivity contribution < 1.29 is 21.6 Å². The maximum Gasteiger partial charge on any atom is 0.264 e. The molecule has 1 atom stereocenters. The molecule has 0 N–H and O–H groups in total. The molecule has 0 aromatic heterocycles. The Bertz CT molecular complexity index is 1290. The molecule has 10 heteroatoms. The van der Waals surface area contributed by atoms with Crippen molar-refractivity contribution in [2.24, 2.45) is 5.92 Å². The van der Waals surface area contributed by atoms with Gasteiger partial charge in [0.15, 0.2) is 0 Å². The SMILES string of the molecule is CN(C)S(=O)(=O)c1ccc(S(=O)(=O)N2CC3(CCN(CC4CCOCC4)C3)c3ccccc32)cc1. The van der Waals surface area contributed by atoms with Gasteiger partial charge in [-0.3, -0.25) is 4.31 Å². The summed E-state index contributed by atoms with van der Waals surface area (Å²) in [7, 11) is -4.58. The van der Waals surface area contributed by atoms with E-state index in [1.807, 2.05) is 18.2 Å². The van der Waals surface area contributed by atoms with E-state index in [-0.39, 0.29) is 15.2 Å². The minimum Gasteiger partial charge on any atom is -0.381 e. The zero-order valence-electron chi connectivity index (χ0n) is 20.3. The highest BCUT2D eigenvalue weighted by atomic mass is 32.2. The fourth-order valence-electron chi connectivity index (χ4n) is 5.68. The van der Waals surface area contributed by atoms with E-state index in [9.17, 15) is 16.8 Å². The maximum absolute atomic E-state index is 13.8. The molecule has 1 spiro atoms. The molecule has 0 aliphatic carbocycles. The molecule has 0 radical (unpaired) electrons. The molecule has 2 saturated heterocycles. The molecule has 0 amide bonds. The smallest absolute Gasteiger partial charge is 0.264 e. The summed E-state index contributed by atoms with van der Waals surface area (Å²) in [4.78, 5) is 2.66. The molecule has 3 heterocycles. The Hall–Kier alpha value is -1.98. The number of nitrogens with zero attached hydrogens (tertiary/aromatic N) is 3. The topological polar surface area (TPSA) is 87.2 Å². The molecule has 190 valence electrons. The van der Waals surface area contributed by atoms with Crippen LogP contribution in [0.3, 0.4) is 0 Å². The highest BCUT2D eigenvalue weighted by Crippen LogP contribution is 2.48. The average Bonchev–Trinajstić information content (AvgIpc) is 3.41. The van der Waals surface area contributed by atoms with E-state index < -0.39 is 20.0 Å². The molecule has 3 aliphatic heterocycles. The fraction of sp³-hybridized carbons (Fsp3) is 0.520. The molecular formula is C25H33N3O5S2. The van der Waals surface area contributed by atoms with Gasteiger partial charge < -0.3 is 9.64 Å². The lowest BCUT2D eigenvalue weighted by Gasteiger charge is -2.29. The number of fused-ring (bicyclic) bond motifs is 2. The minimum absolute atomic E-state index is 0.0688. The number of sulfonamides is 2. The standard InChI is InChI=1S/C25H33N3O5S2/c1-26(2)34(29,30)21-7-9-22(10-8-21)35(31,32)28-19-25(23-5-3-4-6-24(23)28)13-14-27(18-25)17-20-11-15-33-16-12-20/h3-10,20H,11-19H2,1-2H3. The second kappa shape index (κ2) is 9.15. The fourth-order valence-corrected chi connectivity index (χ4v) is 8.15. The summed E-state index contributed by atoms with van der Waals surface area (Å²) in [6.07, 6.45) is 3.08. The first-order valence-electron chi connectivity index (χ1n) is 12.1. The van der Waals surface area contributed by atoms with Crippen LogP contribution in [0.5, 0.6) is 0 Å². The van der Waals surface area contributed by atoms with Crippen molar-refractivity contribution in [3.05, 3.63) is 54.1 Å². The number of hydrogen-bond acceptors (Lipinski definition) is 6. The van der Waals surface area contributed by atoms with Gasteiger partial charge in [-0.15, -0.1) is 0 Å². The minimum atomic E-state index is -3.85. The number of hydrogen-bond donors (Lipinski definition) is 0. The van der Waals surface area contributed by atoms with E-state index in [2.05, 4.69) is 11.0 Å². The molecular weight excluding hydrogens is 486 g/mol. The van der Waals surface area contributed by atoms with Crippen LogP contribution in [-0.4, -0.2) is 79.5 Å². The Kier molecular flexibility index (Phi) is 6.46. The predicted octanol–water partition coefficient (Wildman–Crippen LogP) is 2.52. The lowest BCUT2D eigenvalue weighted by atomic mass is 9.81. The van der Waals surface area contributed by atoms with Crippen molar-refractivity contribution in [3.63, 3.8) is 0 Å². The van der Waals surface area contributed by atoms with Crippen molar-refractivity contribution in [2.75, 3.05) is 57.8 Å². The number of rotatable bonds is 6. The summed E-state index contributed by atoms with van der Waals surface area (Å²) in [6, 6.07) is 13.3. The molecule has 0 saturated carbocycles. The highest BCUT2D eigenvalue weighted by Gasteiger charge is 2.50. The van der Waals surface area contributed by atoms with E-state index >= 15 is 0 Å². The number of ether oxygens (including phenoxy) is 1. The van der Waals surface area contributed by atoms with Crippen molar-refractivity contribution in [3.8, 4) is 0 Å². The first-order valence-corrected chi connectivity index (χ1v) is 15.0. The maximum atomic E-state index is 13.8. The summed E-state index contributed by atoms with van der Waals surface area (Å²) in [6.45, 7) is 4.88. The lowest BCUT2D eigenvalue weighted by molar-refractivity contribution is 0.0549. The summed E-state index contributed by atoms with van der Waals surface area (Å²) >= 11 is 0. The van der Waals surface area contributed by atoms with Crippen LogP contribution in [0.2, 0.25) is 0 Å². The molecule has 2 aromatic carbocycles. The van der Waals surface area contributed by atoms with E-state index in [0.29, 0.717) is 12.5 Å². The third-order valence-electron chi connectivity index (χ3n) is 7.67. The summed E-state index contributed by atoms with van der Waals surface area (Å²) < 4.78 is 60.5. The lowest BCUT2D eigenvalue weighted by Crippen LogP contribution is -2.40. The van der Waals surface area contributed by atoms with Crippen molar-refractivity contribution >= 4 is 25.7 Å². The van der Waals surface area contributed by atoms with Crippen LogP contribution in [0, 0.1) is 5.92 Å². The Morgan fingerprint density at radius 2 is 1.60 bits per heavy atom. The van der Waals surface area contributed by atoms with Crippen molar-refractivity contribution in [2.45, 2.75) is 34.5 Å². The quantitative estimate of drug-likeness (QED) is 0.583. The van der Waals surface area contributed by atoms with Gasteiger partial charge in [0.25, 0.3) is 10.0 Å². The van der Waals surface area contributed by atoms with Crippen LogP contribution in [0.1, 0.15) is 24.8 Å². The van der Waals surface area contributed by atoms with Gasteiger partial charge in [0.1, 0.15) is 0 Å². The molecule has 3 aliphatic rings. The van der Waals surface area contributed by atoms with Gasteiger partial charge in [0.05, 0.1) is 15.5 Å². The van der Waals surface area contributed by atoms with E-state index in [1.165, 1.54) is 42.7 Å². The van der Waals surface area contributed by atoms with Gasteiger partial charge in [-0.2, -0.15) is 0 Å². The van der Waals surface area contributed by atoms with Crippen LogP contribution in [-0.2, 0) is 30.2 Å². The third-order valence-corrected chi connectivity index (χ3v) is 11.3. The number of benzene rings is 2. The van der Waals surface area contributed by atoms with Gasteiger partial charge in [0.2, 0.25) is 10.0 Å². The third kappa shape index (κ3) is 4.40. The molecule has 2 aromatic rings. The van der Waals surface area contributed by atoms with Crippen molar-refractivity contribution in [1.82, 2.24) is 9.21 Å². The Morgan fingerprint density at radius 1 is 0.943 bits per heavy atom. The average molecular weight is 520 g/mol. The van der Waals surface area contributed by atoms with Gasteiger partial charge in [-0.05, 0) is 67.6 Å². The summed E-state index contributed by atoms with van der Waals surface area (Å²) in [5.41, 5.74) is 1.58. The Balaban J connectivity index is 1.41. The first kappa shape index (κ1) is 24.7. The van der Waals surface area contributed by atoms with Crippen LogP contribution in [0.15, 0.2) is 58.3 Å². The molecule has 1 unspecified atom stereocenters.